The number of fused-ring (bicyclic) bond motifs is 1. The van der Waals surface area contributed by atoms with Gasteiger partial charge in [-0.25, -0.2) is 4.98 Å². The number of amides is 1. The van der Waals surface area contributed by atoms with Gasteiger partial charge in [-0.3, -0.25) is 9.69 Å². The van der Waals surface area contributed by atoms with Crippen molar-refractivity contribution in [1.82, 2.24) is 9.88 Å². The molecule has 0 spiro atoms. The monoisotopic (exact) mass is 315 g/mol. The predicted molar refractivity (Wildman–Crippen MR) is 88.6 cm³/mol. The van der Waals surface area contributed by atoms with Crippen LogP contribution in [0.5, 0.6) is 0 Å². The van der Waals surface area contributed by atoms with Gasteiger partial charge in [-0.05, 0) is 38.3 Å². The van der Waals surface area contributed by atoms with Gasteiger partial charge in [0.25, 0.3) is 0 Å². The van der Waals surface area contributed by atoms with Crippen molar-refractivity contribution in [3.05, 3.63) is 51.5 Å². The number of thiazole rings is 1. The van der Waals surface area contributed by atoms with E-state index in [4.69, 9.17) is 10.7 Å². The second kappa shape index (κ2) is 6.58. The number of likely N-dealkylation sites (N-methyl/N-ethyl adjacent to an activating group) is 1. The molecule has 1 atom stereocenters. The van der Waals surface area contributed by atoms with Crippen LogP contribution in [0.3, 0.4) is 0 Å². The fraction of sp³-hybridized carbons (Fsp3) is 0.412. The normalized spacial score (nSPS) is 15.5. The average molecular weight is 315 g/mol. The molecule has 0 radical (unpaired) electrons. The first kappa shape index (κ1) is 15.2. The zero-order chi connectivity index (χ0) is 15.5. The molecule has 1 heterocycles. The van der Waals surface area contributed by atoms with E-state index in [1.807, 2.05) is 42.3 Å². The van der Waals surface area contributed by atoms with Gasteiger partial charge in [-0.1, -0.05) is 30.3 Å². The molecule has 1 amide bonds. The Kier molecular flexibility index (Phi) is 4.55. The number of carbonyl (C=O) groups excluding carboxylic acids is 1. The number of aryl methyl sites for hydroxylation is 2. The van der Waals surface area contributed by atoms with Crippen LogP contribution < -0.4 is 5.73 Å². The van der Waals surface area contributed by atoms with Gasteiger partial charge < -0.3 is 5.73 Å². The number of benzene rings is 1. The highest BCUT2D eigenvalue weighted by Crippen LogP contribution is 2.29. The lowest BCUT2D eigenvalue weighted by atomic mass is 10.0. The smallest absolute Gasteiger partial charge is 0.239 e. The minimum absolute atomic E-state index is 0.324. The Bertz CT molecular complexity index is 630. The van der Waals surface area contributed by atoms with Gasteiger partial charge in [0.1, 0.15) is 11.0 Å². The molecule has 3 rings (SSSR count). The zero-order valence-electron chi connectivity index (χ0n) is 12.8. The number of hydrogen-bond donors (Lipinski definition) is 1. The molecular weight excluding hydrogens is 294 g/mol. The molecule has 22 heavy (non-hydrogen) atoms. The first-order chi connectivity index (χ1) is 10.6. The van der Waals surface area contributed by atoms with Crippen molar-refractivity contribution in [3.63, 3.8) is 0 Å². The molecule has 5 heteroatoms. The SMILES string of the molecule is CN(Cc1nc2c(s1)CCCC2)C(C(N)=O)c1ccccc1. The van der Waals surface area contributed by atoms with Crippen LogP contribution >= 0.6 is 11.3 Å². The fourth-order valence-electron chi connectivity index (χ4n) is 3.05. The van der Waals surface area contributed by atoms with E-state index in [-0.39, 0.29) is 5.91 Å². The average Bonchev–Trinajstić information content (AvgIpc) is 2.90. The molecular formula is C17H21N3OS. The summed E-state index contributed by atoms with van der Waals surface area (Å²) in [5.41, 5.74) is 7.81. The van der Waals surface area contributed by atoms with Crippen LogP contribution in [0.4, 0.5) is 0 Å². The molecule has 0 aliphatic heterocycles. The Hall–Kier alpha value is -1.72. The predicted octanol–water partition coefficient (Wildman–Crippen LogP) is 2.68. The molecule has 1 unspecified atom stereocenters. The summed E-state index contributed by atoms with van der Waals surface area (Å²) in [6.07, 6.45) is 4.74. The summed E-state index contributed by atoms with van der Waals surface area (Å²) in [4.78, 5) is 20.0. The van der Waals surface area contributed by atoms with Crippen LogP contribution in [-0.4, -0.2) is 22.8 Å². The van der Waals surface area contributed by atoms with E-state index in [2.05, 4.69) is 0 Å². The van der Waals surface area contributed by atoms with E-state index in [1.54, 1.807) is 11.3 Å². The van der Waals surface area contributed by atoms with E-state index in [1.165, 1.54) is 23.4 Å². The van der Waals surface area contributed by atoms with Gasteiger partial charge in [0.15, 0.2) is 0 Å². The largest absolute Gasteiger partial charge is 0.368 e. The number of primary amides is 1. The zero-order valence-corrected chi connectivity index (χ0v) is 13.6. The van der Waals surface area contributed by atoms with Gasteiger partial charge in [-0.15, -0.1) is 11.3 Å². The third-order valence-corrected chi connectivity index (χ3v) is 5.24. The lowest BCUT2D eigenvalue weighted by molar-refractivity contribution is -0.123. The molecule has 0 saturated carbocycles. The fourth-order valence-corrected chi connectivity index (χ4v) is 4.27. The molecule has 4 nitrogen and oxygen atoms in total. The molecule has 1 aromatic heterocycles. The maximum Gasteiger partial charge on any atom is 0.239 e. The van der Waals surface area contributed by atoms with Crippen molar-refractivity contribution in [2.45, 2.75) is 38.3 Å². The summed E-state index contributed by atoms with van der Waals surface area (Å²) in [5, 5.41) is 1.08. The van der Waals surface area contributed by atoms with Crippen molar-refractivity contribution < 1.29 is 4.79 Å². The van der Waals surface area contributed by atoms with Gasteiger partial charge >= 0.3 is 0 Å². The topological polar surface area (TPSA) is 59.2 Å². The second-order valence-electron chi connectivity index (χ2n) is 5.82. The number of nitrogens with zero attached hydrogens (tertiary/aromatic N) is 2. The molecule has 0 saturated heterocycles. The van der Waals surface area contributed by atoms with E-state index in [0.29, 0.717) is 6.54 Å². The van der Waals surface area contributed by atoms with Crippen molar-refractivity contribution in [2.75, 3.05) is 7.05 Å². The number of rotatable bonds is 5. The number of aromatic nitrogens is 1. The summed E-state index contributed by atoms with van der Waals surface area (Å²) in [6, 6.07) is 9.28. The Morgan fingerprint density at radius 3 is 2.73 bits per heavy atom. The van der Waals surface area contributed by atoms with Crippen LogP contribution in [-0.2, 0) is 24.2 Å². The van der Waals surface area contributed by atoms with Gasteiger partial charge in [-0.2, -0.15) is 0 Å². The molecule has 0 bridgehead atoms. The number of hydrogen-bond acceptors (Lipinski definition) is 4. The molecule has 1 aromatic carbocycles. The summed E-state index contributed by atoms with van der Waals surface area (Å²) < 4.78 is 0. The second-order valence-corrected chi connectivity index (χ2v) is 6.98. The summed E-state index contributed by atoms with van der Waals surface area (Å²) in [6.45, 7) is 0.653. The standard InChI is InChI=1S/C17H21N3OS/c1-20(16(17(18)21)12-7-3-2-4-8-12)11-15-19-13-9-5-6-10-14(13)22-15/h2-4,7-8,16H,5-6,9-11H2,1H3,(H2,18,21). The Morgan fingerprint density at radius 2 is 2.05 bits per heavy atom. The van der Waals surface area contributed by atoms with Gasteiger partial charge in [0, 0.05) is 4.88 Å². The van der Waals surface area contributed by atoms with Crippen LogP contribution in [0.2, 0.25) is 0 Å². The molecule has 2 N–H and O–H groups in total. The van der Waals surface area contributed by atoms with E-state index in [0.717, 1.165) is 23.4 Å². The molecule has 116 valence electrons. The summed E-state index contributed by atoms with van der Waals surface area (Å²) in [5.74, 6) is -0.324. The van der Waals surface area contributed by atoms with Crippen molar-refractivity contribution >= 4 is 17.2 Å². The van der Waals surface area contributed by atoms with Crippen molar-refractivity contribution in [3.8, 4) is 0 Å². The maximum atomic E-state index is 11.9. The Morgan fingerprint density at radius 1 is 1.32 bits per heavy atom. The van der Waals surface area contributed by atoms with E-state index >= 15 is 0 Å². The van der Waals surface area contributed by atoms with Crippen molar-refractivity contribution in [2.24, 2.45) is 5.73 Å². The van der Waals surface area contributed by atoms with Crippen LogP contribution in [0, 0.1) is 0 Å². The number of carbonyl (C=O) groups is 1. The van der Waals surface area contributed by atoms with Crippen LogP contribution in [0.15, 0.2) is 30.3 Å². The quantitative estimate of drug-likeness (QED) is 0.923. The Balaban J connectivity index is 1.78. The van der Waals surface area contributed by atoms with E-state index in [9.17, 15) is 4.79 Å². The Labute approximate surface area is 135 Å². The number of nitrogens with two attached hydrogens (primary N) is 1. The molecule has 1 aliphatic rings. The highest BCUT2D eigenvalue weighted by atomic mass is 32.1. The van der Waals surface area contributed by atoms with Crippen LogP contribution in [0.1, 0.15) is 40.0 Å². The van der Waals surface area contributed by atoms with E-state index < -0.39 is 6.04 Å². The summed E-state index contributed by atoms with van der Waals surface area (Å²) >= 11 is 1.78. The van der Waals surface area contributed by atoms with Gasteiger partial charge in [0.2, 0.25) is 5.91 Å². The van der Waals surface area contributed by atoms with Crippen LogP contribution in [0.25, 0.3) is 0 Å². The third-order valence-electron chi connectivity index (χ3n) is 4.10. The highest BCUT2D eigenvalue weighted by Gasteiger charge is 2.24. The first-order valence-electron chi connectivity index (χ1n) is 7.67. The highest BCUT2D eigenvalue weighted by molar-refractivity contribution is 7.11. The first-order valence-corrected chi connectivity index (χ1v) is 8.49. The third kappa shape index (κ3) is 3.20. The van der Waals surface area contributed by atoms with Gasteiger partial charge in [0.05, 0.1) is 12.2 Å². The maximum absolute atomic E-state index is 11.9. The minimum Gasteiger partial charge on any atom is -0.368 e. The summed E-state index contributed by atoms with van der Waals surface area (Å²) in [7, 11) is 1.93. The van der Waals surface area contributed by atoms with Crippen molar-refractivity contribution in [1.29, 1.82) is 0 Å². The lowest BCUT2D eigenvalue weighted by Crippen LogP contribution is -2.34. The lowest BCUT2D eigenvalue weighted by Gasteiger charge is -2.24. The minimum atomic E-state index is -0.415. The molecule has 1 aliphatic carbocycles. The molecule has 0 fully saturated rings. The molecule has 2 aromatic rings.